The van der Waals surface area contributed by atoms with Gasteiger partial charge in [-0.1, -0.05) is 20.8 Å². The zero-order valence-electron chi connectivity index (χ0n) is 20.2. The maximum absolute atomic E-state index is 12.6. The van der Waals surface area contributed by atoms with Gasteiger partial charge in [-0.2, -0.15) is 4.79 Å². The van der Waals surface area contributed by atoms with Gasteiger partial charge in [0.2, 0.25) is 5.91 Å². The van der Waals surface area contributed by atoms with Gasteiger partial charge in [-0.25, -0.2) is 4.79 Å². The number of hydrogen-bond donors (Lipinski definition) is 1. The highest BCUT2D eigenvalue weighted by atomic mass is 28.4. The molecule has 0 aliphatic carbocycles. The van der Waals surface area contributed by atoms with Crippen LogP contribution in [0, 0.1) is 16.0 Å². The molecule has 11 nitrogen and oxygen atoms in total. The van der Waals surface area contributed by atoms with Crippen molar-refractivity contribution < 1.29 is 33.3 Å². The number of carbonyl (C=O) groups excluding carboxylic acids is 3. The Labute approximate surface area is 198 Å². The molecule has 0 saturated carbocycles. The third-order valence-corrected chi connectivity index (χ3v) is 10.9. The molecule has 1 aliphatic heterocycles. The fraction of sp³-hybridized carbons (Fsp3) is 0.545. The first-order valence-corrected chi connectivity index (χ1v) is 13.7. The Morgan fingerprint density at radius 2 is 1.85 bits per heavy atom. The highest BCUT2D eigenvalue weighted by molar-refractivity contribution is 6.74. The molecule has 1 N–H and O–H groups in total. The largest absolute Gasteiger partial charge is 0.452 e. The highest BCUT2D eigenvalue weighted by Crippen LogP contribution is 2.39. The SMILES string of the molecule is C[C@@H](O[Si](C)(C)C(C)(C)C)[C@H]1C(=O)N[C@@H]1CC(=O)C(=[N+]=[N-])C(=O)OCc1ccc([N+](=O)[O-])cc1. The van der Waals surface area contributed by atoms with Crippen LogP contribution in [0.1, 0.15) is 39.7 Å². The number of esters is 1. The fourth-order valence-electron chi connectivity index (χ4n) is 3.33. The van der Waals surface area contributed by atoms with Crippen molar-refractivity contribution in [1.82, 2.24) is 5.32 Å². The van der Waals surface area contributed by atoms with Gasteiger partial charge < -0.3 is 20.0 Å². The third kappa shape index (κ3) is 6.22. The number of nitro benzene ring substituents is 1. The van der Waals surface area contributed by atoms with Crippen LogP contribution < -0.4 is 5.32 Å². The Morgan fingerprint density at radius 3 is 2.32 bits per heavy atom. The highest BCUT2D eigenvalue weighted by Gasteiger charge is 2.49. The van der Waals surface area contributed by atoms with Crippen LogP contribution in [0.15, 0.2) is 24.3 Å². The number of non-ortho nitro benzene ring substituents is 1. The molecule has 0 spiro atoms. The van der Waals surface area contributed by atoms with Gasteiger partial charge >= 0.3 is 11.7 Å². The third-order valence-electron chi connectivity index (χ3n) is 6.34. The zero-order chi connectivity index (χ0) is 25.8. The summed E-state index contributed by atoms with van der Waals surface area (Å²) < 4.78 is 11.3. The zero-order valence-corrected chi connectivity index (χ0v) is 21.2. The molecule has 12 heteroatoms. The second-order valence-electron chi connectivity index (χ2n) is 9.80. The van der Waals surface area contributed by atoms with Crippen molar-refractivity contribution >= 4 is 37.4 Å². The maximum Gasteiger partial charge on any atom is 0.441 e. The van der Waals surface area contributed by atoms with E-state index in [0.29, 0.717) is 5.56 Å². The van der Waals surface area contributed by atoms with Gasteiger partial charge in [-0.05, 0) is 42.8 Å². The van der Waals surface area contributed by atoms with Crippen molar-refractivity contribution in [2.75, 3.05) is 0 Å². The topological polar surface area (TPSA) is 161 Å². The van der Waals surface area contributed by atoms with Crippen LogP contribution in [-0.4, -0.2) is 53.5 Å². The summed E-state index contributed by atoms with van der Waals surface area (Å²) in [6.07, 6.45) is -0.691. The minimum Gasteiger partial charge on any atom is -0.452 e. The van der Waals surface area contributed by atoms with Crippen LogP contribution in [-0.2, 0) is 30.2 Å². The van der Waals surface area contributed by atoms with Gasteiger partial charge in [0.15, 0.2) is 8.32 Å². The number of ketones is 1. The van der Waals surface area contributed by atoms with Crippen LogP contribution in [0.3, 0.4) is 0 Å². The van der Waals surface area contributed by atoms with Crippen LogP contribution >= 0.6 is 0 Å². The predicted octanol–water partition coefficient (Wildman–Crippen LogP) is 2.79. The van der Waals surface area contributed by atoms with E-state index in [9.17, 15) is 30.0 Å². The lowest BCUT2D eigenvalue weighted by molar-refractivity contribution is -0.384. The molecule has 1 saturated heterocycles. The monoisotopic (exact) mass is 490 g/mol. The number of carbonyl (C=O) groups is 3. The molecule has 1 fully saturated rings. The molecule has 1 amide bonds. The van der Waals surface area contributed by atoms with E-state index < -0.39 is 48.8 Å². The van der Waals surface area contributed by atoms with Crippen LogP contribution in [0.25, 0.3) is 5.53 Å². The van der Waals surface area contributed by atoms with E-state index in [4.69, 9.17) is 9.16 Å². The molecule has 3 atom stereocenters. The van der Waals surface area contributed by atoms with E-state index in [2.05, 4.69) is 44.0 Å². The Balaban J connectivity index is 1.98. The van der Waals surface area contributed by atoms with E-state index in [1.165, 1.54) is 24.3 Å². The number of rotatable bonds is 10. The number of nitrogens with zero attached hydrogens (tertiary/aromatic N) is 3. The molecule has 34 heavy (non-hydrogen) atoms. The van der Waals surface area contributed by atoms with E-state index in [1.54, 1.807) is 6.92 Å². The minimum atomic E-state index is -2.15. The molecular formula is C22H30N4O7Si. The van der Waals surface area contributed by atoms with E-state index in [1.807, 2.05) is 0 Å². The number of Topliss-reactive ketones (excluding diaryl/α,β-unsaturated/α-hetero) is 1. The van der Waals surface area contributed by atoms with Gasteiger partial charge in [-0.15, -0.1) is 0 Å². The van der Waals surface area contributed by atoms with Crippen LogP contribution in [0.5, 0.6) is 0 Å². The molecule has 0 bridgehead atoms. The average Bonchev–Trinajstić information content (AvgIpc) is 2.71. The van der Waals surface area contributed by atoms with Crippen molar-refractivity contribution in [2.24, 2.45) is 5.92 Å². The molecule has 0 aromatic heterocycles. The Hall–Kier alpha value is -3.21. The Kier molecular flexibility index (Phi) is 8.25. The quantitative estimate of drug-likeness (QED) is 0.0607. The van der Waals surface area contributed by atoms with Crippen molar-refractivity contribution in [3.63, 3.8) is 0 Å². The number of nitrogens with one attached hydrogen (secondary N) is 1. The number of nitro groups is 1. The molecule has 1 aromatic carbocycles. The lowest BCUT2D eigenvalue weighted by atomic mass is 9.82. The summed E-state index contributed by atoms with van der Waals surface area (Å²) in [5, 5.41) is 13.3. The van der Waals surface area contributed by atoms with Crippen LogP contribution in [0.2, 0.25) is 18.1 Å². The molecular weight excluding hydrogens is 460 g/mol. The molecule has 184 valence electrons. The first-order valence-electron chi connectivity index (χ1n) is 10.8. The smallest absolute Gasteiger partial charge is 0.441 e. The normalized spacial score (nSPS) is 18.7. The minimum absolute atomic E-state index is 0.0586. The average molecular weight is 491 g/mol. The molecule has 1 heterocycles. The first kappa shape index (κ1) is 27.0. The van der Waals surface area contributed by atoms with E-state index in [-0.39, 0.29) is 29.7 Å². The number of hydrogen-bond acceptors (Lipinski definition) is 7. The summed E-state index contributed by atoms with van der Waals surface area (Å²) in [6, 6.07) is 4.74. The number of β-lactam (4-membered cyclic amide) rings is 1. The van der Waals surface area contributed by atoms with Gasteiger partial charge in [0.1, 0.15) is 6.61 Å². The number of amides is 1. The van der Waals surface area contributed by atoms with E-state index in [0.717, 1.165) is 0 Å². The fourth-order valence-corrected chi connectivity index (χ4v) is 4.76. The van der Waals surface area contributed by atoms with Gasteiger partial charge in [0.25, 0.3) is 11.5 Å². The van der Waals surface area contributed by atoms with Crippen molar-refractivity contribution in [3.05, 3.63) is 45.5 Å². The summed E-state index contributed by atoms with van der Waals surface area (Å²) in [6.45, 7) is 11.9. The Bertz CT molecular complexity index is 1030. The second kappa shape index (κ2) is 10.4. The predicted molar refractivity (Wildman–Crippen MR) is 124 cm³/mol. The lowest BCUT2D eigenvalue weighted by Crippen LogP contribution is -2.64. The lowest BCUT2D eigenvalue weighted by Gasteiger charge is -2.45. The summed E-state index contributed by atoms with van der Waals surface area (Å²) in [7, 11) is -2.15. The number of benzene rings is 1. The van der Waals surface area contributed by atoms with Gasteiger partial charge in [-0.3, -0.25) is 19.7 Å². The van der Waals surface area contributed by atoms with Crippen molar-refractivity contribution in [1.29, 1.82) is 0 Å². The van der Waals surface area contributed by atoms with E-state index >= 15 is 0 Å². The van der Waals surface area contributed by atoms with Gasteiger partial charge in [0, 0.05) is 18.6 Å². The van der Waals surface area contributed by atoms with Crippen LogP contribution in [0.4, 0.5) is 5.69 Å². The second-order valence-corrected chi connectivity index (χ2v) is 14.6. The summed E-state index contributed by atoms with van der Waals surface area (Å²) >= 11 is 0. The summed E-state index contributed by atoms with van der Waals surface area (Å²) in [5.41, 5.74) is 8.76. The molecule has 1 aromatic rings. The molecule has 2 rings (SSSR count). The molecule has 0 unspecified atom stereocenters. The summed E-state index contributed by atoms with van der Waals surface area (Å²) in [5.74, 6) is -2.74. The standard InChI is InChI=1S/C22H30N4O7Si/c1-13(33-34(5,6)22(2,3)4)18-16(24-20(18)28)11-17(27)19(25-23)21(29)32-12-14-7-9-15(10-8-14)26(30)31/h7-10,13,16,18H,11-12H2,1-6H3,(H,24,28)/t13-,16-,18-/m1/s1. The maximum atomic E-state index is 12.6. The number of ether oxygens (including phenoxy) is 1. The van der Waals surface area contributed by atoms with Crippen molar-refractivity contribution in [2.45, 2.75) is 71.0 Å². The van der Waals surface area contributed by atoms with Gasteiger partial charge in [0.05, 0.1) is 23.0 Å². The van der Waals surface area contributed by atoms with Crippen molar-refractivity contribution in [3.8, 4) is 0 Å². The molecule has 0 radical (unpaired) electrons. The summed E-state index contributed by atoms with van der Waals surface area (Å²) in [4.78, 5) is 50.0. The Morgan fingerprint density at radius 1 is 1.26 bits per heavy atom. The first-order chi connectivity index (χ1) is 15.7. The molecule has 1 aliphatic rings.